The van der Waals surface area contributed by atoms with Crippen LogP contribution in [0.5, 0.6) is 0 Å². The maximum atomic E-state index is 5.40. The molecule has 0 bridgehead atoms. The quantitative estimate of drug-likeness (QED) is 0.324. The van der Waals surface area contributed by atoms with E-state index in [9.17, 15) is 0 Å². The fourth-order valence-corrected chi connectivity index (χ4v) is 0.972. The van der Waals surface area contributed by atoms with Crippen LogP contribution in [0.15, 0.2) is 9.98 Å². The molecule has 6 nitrogen and oxygen atoms in total. The predicted octanol–water partition coefficient (Wildman–Crippen LogP) is -1.64. The molecule has 12 heavy (non-hydrogen) atoms. The molecule has 68 valence electrons. The summed E-state index contributed by atoms with van der Waals surface area (Å²) in [6, 6.07) is 0.105. The van der Waals surface area contributed by atoms with Gasteiger partial charge in [0.1, 0.15) is 0 Å². The van der Waals surface area contributed by atoms with Gasteiger partial charge < -0.3 is 21.9 Å². The summed E-state index contributed by atoms with van der Waals surface area (Å²) in [5.74, 6) is 0.0423. The number of guanidine groups is 2. The largest absolute Gasteiger partial charge is 0.379 e. The first-order chi connectivity index (χ1) is 5.68. The zero-order chi connectivity index (χ0) is 8.97. The summed E-state index contributed by atoms with van der Waals surface area (Å²) in [5.41, 5.74) is 15.6. The number of hydrogen-bond acceptors (Lipinski definition) is 2. The Bertz CT molecular complexity index is 202. The highest BCUT2D eigenvalue weighted by atomic mass is 16.5. The standard InChI is InChI=1S/C6H13N5O/c7-5(8)11-6(9)10-4-1-2-12-3-4/h4H,1-3H2,(H6,7,8,9,10,11). The maximum Gasteiger partial charge on any atom is 0.218 e. The Balaban J connectivity index is 2.49. The van der Waals surface area contributed by atoms with Crippen LogP contribution in [0.3, 0.4) is 0 Å². The van der Waals surface area contributed by atoms with Crippen molar-refractivity contribution in [2.45, 2.75) is 12.5 Å². The number of hydrogen-bond donors (Lipinski definition) is 3. The number of rotatable bonds is 1. The molecule has 0 aromatic heterocycles. The minimum Gasteiger partial charge on any atom is -0.379 e. The number of aliphatic imine (C=N–C) groups is 2. The lowest BCUT2D eigenvalue weighted by atomic mass is 10.3. The number of nitrogens with two attached hydrogens (primary N) is 3. The lowest BCUT2D eigenvalue weighted by Crippen LogP contribution is -2.27. The molecule has 1 fully saturated rings. The van der Waals surface area contributed by atoms with Crippen molar-refractivity contribution < 1.29 is 4.74 Å². The average molecular weight is 171 g/mol. The minimum absolute atomic E-state index is 0.0739. The van der Waals surface area contributed by atoms with Gasteiger partial charge in [0.2, 0.25) is 5.96 Å². The second kappa shape index (κ2) is 3.91. The van der Waals surface area contributed by atoms with E-state index in [2.05, 4.69) is 9.98 Å². The molecule has 1 saturated heterocycles. The monoisotopic (exact) mass is 171 g/mol. The first-order valence-corrected chi connectivity index (χ1v) is 3.69. The fourth-order valence-electron chi connectivity index (χ4n) is 0.972. The van der Waals surface area contributed by atoms with E-state index in [0.29, 0.717) is 6.61 Å². The topological polar surface area (TPSA) is 112 Å². The van der Waals surface area contributed by atoms with Gasteiger partial charge in [-0.25, -0.2) is 4.99 Å². The Morgan fingerprint density at radius 2 is 2.08 bits per heavy atom. The molecule has 0 saturated carbocycles. The van der Waals surface area contributed by atoms with E-state index in [-0.39, 0.29) is 18.0 Å². The minimum atomic E-state index is -0.0739. The smallest absolute Gasteiger partial charge is 0.218 e. The van der Waals surface area contributed by atoms with Gasteiger partial charge in [0.15, 0.2) is 5.96 Å². The molecule has 1 atom stereocenters. The highest BCUT2D eigenvalue weighted by Crippen LogP contribution is 2.07. The molecule has 1 heterocycles. The van der Waals surface area contributed by atoms with Gasteiger partial charge in [0.05, 0.1) is 12.6 Å². The Morgan fingerprint density at radius 1 is 1.33 bits per heavy atom. The average Bonchev–Trinajstić information content (AvgIpc) is 2.37. The predicted molar refractivity (Wildman–Crippen MR) is 46.7 cm³/mol. The van der Waals surface area contributed by atoms with Crippen LogP contribution in [-0.2, 0) is 4.74 Å². The first-order valence-electron chi connectivity index (χ1n) is 3.69. The molecule has 1 aliphatic rings. The van der Waals surface area contributed by atoms with E-state index in [0.717, 1.165) is 13.0 Å². The maximum absolute atomic E-state index is 5.40. The van der Waals surface area contributed by atoms with Crippen molar-refractivity contribution >= 4 is 11.9 Å². The highest BCUT2D eigenvalue weighted by molar-refractivity contribution is 5.92. The summed E-state index contributed by atoms with van der Waals surface area (Å²) in [6.07, 6.45) is 0.876. The molecule has 6 N–H and O–H groups in total. The third kappa shape index (κ3) is 2.75. The Morgan fingerprint density at radius 3 is 2.58 bits per heavy atom. The molecule has 1 rings (SSSR count). The molecular weight excluding hydrogens is 158 g/mol. The summed E-state index contributed by atoms with van der Waals surface area (Å²) in [4.78, 5) is 7.62. The van der Waals surface area contributed by atoms with E-state index >= 15 is 0 Å². The van der Waals surface area contributed by atoms with Crippen molar-refractivity contribution in [1.82, 2.24) is 0 Å². The zero-order valence-corrected chi connectivity index (χ0v) is 6.73. The summed E-state index contributed by atoms with van der Waals surface area (Å²) in [6.45, 7) is 1.32. The van der Waals surface area contributed by atoms with Gasteiger partial charge in [-0.2, -0.15) is 4.99 Å². The molecular formula is C6H13N5O. The van der Waals surface area contributed by atoms with Gasteiger partial charge in [0.25, 0.3) is 0 Å². The van der Waals surface area contributed by atoms with E-state index in [1.807, 2.05) is 0 Å². The lowest BCUT2D eigenvalue weighted by molar-refractivity contribution is 0.194. The van der Waals surface area contributed by atoms with Crippen molar-refractivity contribution in [3.63, 3.8) is 0 Å². The fraction of sp³-hybridized carbons (Fsp3) is 0.667. The zero-order valence-electron chi connectivity index (χ0n) is 6.73. The molecule has 0 amide bonds. The SMILES string of the molecule is NC(N)=NC(N)=NC1CCOC1. The first kappa shape index (κ1) is 8.79. The summed E-state index contributed by atoms with van der Waals surface area (Å²) < 4.78 is 5.09. The normalized spacial score (nSPS) is 24.0. The van der Waals surface area contributed by atoms with Crippen LogP contribution in [0.4, 0.5) is 0 Å². The van der Waals surface area contributed by atoms with Crippen molar-refractivity contribution in [2.75, 3.05) is 13.2 Å². The van der Waals surface area contributed by atoms with E-state index < -0.39 is 0 Å². The van der Waals surface area contributed by atoms with E-state index in [4.69, 9.17) is 21.9 Å². The van der Waals surface area contributed by atoms with Gasteiger partial charge in [-0.05, 0) is 6.42 Å². The number of nitrogens with zero attached hydrogens (tertiary/aromatic N) is 2. The van der Waals surface area contributed by atoms with Gasteiger partial charge in [0, 0.05) is 6.61 Å². The molecule has 0 aliphatic carbocycles. The van der Waals surface area contributed by atoms with Crippen LogP contribution in [0, 0.1) is 0 Å². The lowest BCUT2D eigenvalue weighted by Gasteiger charge is -1.99. The molecule has 0 spiro atoms. The summed E-state index contributed by atoms with van der Waals surface area (Å²) >= 11 is 0. The molecule has 0 aromatic carbocycles. The Kier molecular flexibility index (Phi) is 2.87. The van der Waals surface area contributed by atoms with Crippen LogP contribution in [-0.4, -0.2) is 31.2 Å². The second-order valence-electron chi connectivity index (χ2n) is 2.54. The van der Waals surface area contributed by atoms with Crippen molar-refractivity contribution in [2.24, 2.45) is 27.2 Å². The Hall–Kier alpha value is -1.30. The van der Waals surface area contributed by atoms with Gasteiger partial charge in [-0.1, -0.05) is 0 Å². The van der Waals surface area contributed by atoms with Crippen LogP contribution in [0.25, 0.3) is 0 Å². The van der Waals surface area contributed by atoms with Crippen LogP contribution < -0.4 is 17.2 Å². The van der Waals surface area contributed by atoms with Crippen molar-refractivity contribution in [3.05, 3.63) is 0 Å². The van der Waals surface area contributed by atoms with Crippen molar-refractivity contribution in [1.29, 1.82) is 0 Å². The molecule has 6 heteroatoms. The van der Waals surface area contributed by atoms with Crippen LogP contribution in [0.2, 0.25) is 0 Å². The van der Waals surface area contributed by atoms with Crippen LogP contribution >= 0.6 is 0 Å². The second-order valence-corrected chi connectivity index (χ2v) is 2.54. The summed E-state index contributed by atoms with van der Waals surface area (Å²) in [7, 11) is 0. The van der Waals surface area contributed by atoms with Gasteiger partial charge in [-0.15, -0.1) is 0 Å². The van der Waals surface area contributed by atoms with Crippen LogP contribution in [0.1, 0.15) is 6.42 Å². The molecule has 1 unspecified atom stereocenters. The Labute approximate surface area is 70.5 Å². The van der Waals surface area contributed by atoms with Crippen molar-refractivity contribution in [3.8, 4) is 0 Å². The molecule has 1 aliphatic heterocycles. The van der Waals surface area contributed by atoms with E-state index in [1.54, 1.807) is 0 Å². The third-order valence-corrected chi connectivity index (χ3v) is 1.46. The number of ether oxygens (including phenoxy) is 1. The highest BCUT2D eigenvalue weighted by Gasteiger charge is 2.14. The summed E-state index contributed by atoms with van der Waals surface area (Å²) in [5, 5.41) is 0. The van der Waals surface area contributed by atoms with E-state index in [1.165, 1.54) is 0 Å². The van der Waals surface area contributed by atoms with Gasteiger partial charge in [-0.3, -0.25) is 0 Å². The molecule has 0 aromatic rings. The third-order valence-electron chi connectivity index (χ3n) is 1.46. The molecule has 0 radical (unpaired) electrons. The van der Waals surface area contributed by atoms with Gasteiger partial charge >= 0.3 is 0 Å².